The quantitative estimate of drug-likeness (QED) is 0.547. The van der Waals surface area contributed by atoms with Crippen molar-refractivity contribution in [2.45, 2.75) is 0 Å². The highest BCUT2D eigenvalue weighted by Crippen LogP contribution is 1.83. The van der Waals surface area contributed by atoms with Gasteiger partial charge in [0.15, 0.2) is 0 Å². The van der Waals surface area contributed by atoms with Gasteiger partial charge < -0.3 is 0 Å². The smallest absolute Gasteiger partial charge is 0.0623 e. The minimum atomic E-state index is 1.49. The lowest BCUT2D eigenvalue weighted by molar-refractivity contribution is 1.84. The third-order valence-electron chi connectivity index (χ3n) is 1.25. The molecule has 0 spiro atoms. The van der Waals surface area contributed by atoms with Crippen LogP contribution in [-0.4, -0.2) is 0 Å². The van der Waals surface area contributed by atoms with Crippen LogP contribution in [0.1, 0.15) is 0 Å². The maximum Gasteiger partial charge on any atom is -0.0623 e. The van der Waals surface area contributed by atoms with Gasteiger partial charge in [0.2, 0.25) is 0 Å². The van der Waals surface area contributed by atoms with Crippen LogP contribution >= 0.6 is 0 Å². The van der Waals surface area contributed by atoms with Crippen LogP contribution in [0.5, 0.6) is 0 Å². The third-order valence-corrected chi connectivity index (χ3v) is 1.25. The lowest BCUT2D eigenvalue weighted by Gasteiger charge is -1.73. The predicted molar refractivity (Wildman–Crippen MR) is 64.8 cm³/mol. The summed E-state index contributed by atoms with van der Waals surface area (Å²) in [6.07, 6.45) is 22.3. The van der Waals surface area contributed by atoms with Gasteiger partial charge in [-0.3, -0.25) is 0 Å². The molecule has 1 radical (unpaired) electrons. The Morgan fingerprint density at radius 1 is 0.571 bits per heavy atom. The molecular formula is C14H15. The van der Waals surface area contributed by atoms with Crippen LogP contribution in [0.4, 0.5) is 0 Å². The zero-order chi connectivity index (χ0) is 10.5. The molecule has 0 amide bonds. The lowest BCUT2D eigenvalue weighted by Crippen LogP contribution is -1.51. The summed E-state index contributed by atoms with van der Waals surface area (Å²) in [5, 5.41) is 0. The van der Waals surface area contributed by atoms with E-state index >= 15 is 0 Å². The van der Waals surface area contributed by atoms with Crippen LogP contribution in [0.2, 0.25) is 0 Å². The fraction of sp³-hybridized carbons (Fsp3) is 0. The Labute approximate surface area is 86.7 Å². The van der Waals surface area contributed by atoms with E-state index in [1.54, 1.807) is 12.2 Å². The summed E-state index contributed by atoms with van der Waals surface area (Å²) >= 11 is 0. The van der Waals surface area contributed by atoms with Crippen molar-refractivity contribution in [1.29, 1.82) is 0 Å². The average Bonchev–Trinajstić information content (AvgIpc) is 2.21. The van der Waals surface area contributed by atoms with Crippen LogP contribution in [0.3, 0.4) is 0 Å². The molecule has 0 saturated carbocycles. The highest BCUT2D eigenvalue weighted by molar-refractivity contribution is 5.19. The second kappa shape index (κ2) is 11.2. The molecule has 0 nitrogen and oxygen atoms in total. The summed E-state index contributed by atoms with van der Waals surface area (Å²) in [7, 11) is 0. The molecule has 14 heavy (non-hydrogen) atoms. The Bertz CT molecular complexity index is 253. The maximum absolute atomic E-state index is 5.15. The van der Waals surface area contributed by atoms with E-state index < -0.39 is 0 Å². The number of hydrogen-bond acceptors (Lipinski definition) is 0. The van der Waals surface area contributed by atoms with Gasteiger partial charge >= 0.3 is 0 Å². The Morgan fingerprint density at radius 2 is 0.929 bits per heavy atom. The van der Waals surface area contributed by atoms with Gasteiger partial charge in [0.25, 0.3) is 0 Å². The molecule has 0 aromatic heterocycles. The molecule has 0 unspecified atom stereocenters. The van der Waals surface area contributed by atoms with E-state index in [0.29, 0.717) is 0 Å². The van der Waals surface area contributed by atoms with Crippen LogP contribution in [-0.2, 0) is 0 Å². The Balaban J connectivity index is 3.72. The second-order valence-corrected chi connectivity index (χ2v) is 2.35. The van der Waals surface area contributed by atoms with Crippen molar-refractivity contribution in [3.8, 4) is 0 Å². The normalized spacial score (nSPS) is 12.9. The van der Waals surface area contributed by atoms with E-state index in [4.69, 9.17) is 6.58 Å². The van der Waals surface area contributed by atoms with E-state index in [9.17, 15) is 0 Å². The number of hydrogen-bond donors (Lipinski definition) is 0. The van der Waals surface area contributed by atoms with E-state index in [2.05, 4.69) is 6.58 Å². The number of rotatable bonds is 6. The highest BCUT2D eigenvalue weighted by Gasteiger charge is 1.62. The molecule has 0 aliphatic carbocycles. The fourth-order valence-corrected chi connectivity index (χ4v) is 0.656. The van der Waals surface area contributed by atoms with Crippen LogP contribution in [0.15, 0.2) is 79.5 Å². The molecule has 0 heteroatoms. The molecule has 0 rings (SSSR count). The van der Waals surface area contributed by atoms with Gasteiger partial charge in [0, 0.05) is 0 Å². The van der Waals surface area contributed by atoms with Crippen molar-refractivity contribution in [3.05, 3.63) is 86.1 Å². The van der Waals surface area contributed by atoms with Crippen LogP contribution in [0, 0.1) is 6.58 Å². The average molecular weight is 183 g/mol. The zero-order valence-electron chi connectivity index (χ0n) is 8.21. The maximum atomic E-state index is 5.15. The van der Waals surface area contributed by atoms with Gasteiger partial charge in [-0.15, -0.1) is 0 Å². The topological polar surface area (TPSA) is 0 Å². The summed E-state index contributed by atoms with van der Waals surface area (Å²) in [6.45, 7) is 8.71. The highest BCUT2D eigenvalue weighted by atomic mass is 13.7. The minimum absolute atomic E-state index is 1.49. The van der Waals surface area contributed by atoms with Crippen molar-refractivity contribution in [1.82, 2.24) is 0 Å². The molecule has 0 atom stereocenters. The summed E-state index contributed by atoms with van der Waals surface area (Å²) in [4.78, 5) is 0. The summed E-state index contributed by atoms with van der Waals surface area (Å²) in [5.41, 5.74) is 0. The van der Waals surface area contributed by atoms with E-state index in [0.717, 1.165) is 0 Å². The first-order chi connectivity index (χ1) is 6.91. The largest absolute Gasteiger partial charge is 0.0991 e. The van der Waals surface area contributed by atoms with Gasteiger partial charge in [-0.05, 0) is 0 Å². The van der Waals surface area contributed by atoms with E-state index in [1.807, 2.05) is 54.7 Å². The van der Waals surface area contributed by atoms with E-state index in [-0.39, 0.29) is 0 Å². The van der Waals surface area contributed by atoms with Gasteiger partial charge in [0.05, 0.1) is 0 Å². The third kappa shape index (κ3) is 10.2. The first-order valence-electron chi connectivity index (χ1n) is 4.41. The molecule has 0 fully saturated rings. The zero-order valence-corrected chi connectivity index (χ0v) is 8.21. The Kier molecular flexibility index (Phi) is 9.73. The van der Waals surface area contributed by atoms with Crippen molar-refractivity contribution >= 4 is 0 Å². The molecule has 0 heterocycles. The molecular weight excluding hydrogens is 168 g/mol. The number of allylic oxidation sites excluding steroid dienone is 12. The van der Waals surface area contributed by atoms with Crippen molar-refractivity contribution in [2.24, 2.45) is 0 Å². The monoisotopic (exact) mass is 183 g/mol. The molecule has 0 aromatic carbocycles. The van der Waals surface area contributed by atoms with Gasteiger partial charge in [-0.2, -0.15) is 0 Å². The SMILES string of the molecule is [CH]=CC=CC=CC=CC=CC=CC=C. The van der Waals surface area contributed by atoms with Gasteiger partial charge in [-0.25, -0.2) is 0 Å². The lowest BCUT2D eigenvalue weighted by atomic mass is 10.3. The molecule has 0 saturated heterocycles. The Hall–Kier alpha value is -1.82. The predicted octanol–water partition coefficient (Wildman–Crippen LogP) is 3.94. The van der Waals surface area contributed by atoms with Crippen molar-refractivity contribution < 1.29 is 0 Å². The van der Waals surface area contributed by atoms with Crippen LogP contribution < -0.4 is 0 Å². The summed E-state index contributed by atoms with van der Waals surface area (Å²) in [5.74, 6) is 0. The molecule has 0 aliphatic rings. The van der Waals surface area contributed by atoms with Crippen molar-refractivity contribution in [2.75, 3.05) is 0 Å². The van der Waals surface area contributed by atoms with Gasteiger partial charge in [-0.1, -0.05) is 86.1 Å². The molecule has 0 bridgehead atoms. The molecule has 0 aliphatic heterocycles. The van der Waals surface area contributed by atoms with E-state index in [1.165, 1.54) is 6.08 Å². The first kappa shape index (κ1) is 12.2. The summed E-state index contributed by atoms with van der Waals surface area (Å²) < 4.78 is 0. The van der Waals surface area contributed by atoms with Gasteiger partial charge in [0.1, 0.15) is 0 Å². The minimum Gasteiger partial charge on any atom is -0.0991 e. The van der Waals surface area contributed by atoms with Crippen LogP contribution in [0.25, 0.3) is 0 Å². The Morgan fingerprint density at radius 3 is 1.29 bits per heavy atom. The summed E-state index contributed by atoms with van der Waals surface area (Å²) in [6, 6.07) is 0. The molecule has 0 N–H and O–H groups in total. The molecule has 71 valence electrons. The standard InChI is InChI=1S/C14H15/c1-3-5-7-9-11-13-14-12-10-8-6-4-2/h1,3-14H,2H2. The van der Waals surface area contributed by atoms with Crippen molar-refractivity contribution in [3.63, 3.8) is 0 Å². The first-order valence-corrected chi connectivity index (χ1v) is 4.41. The fourth-order valence-electron chi connectivity index (χ4n) is 0.656. The molecule has 0 aromatic rings. The second-order valence-electron chi connectivity index (χ2n) is 2.35.